The van der Waals surface area contributed by atoms with Crippen molar-refractivity contribution in [2.75, 3.05) is 0 Å². The smallest absolute Gasteiger partial charge is 0.177 e. The largest absolute Gasteiger partial charge is 0.342 e. The fourth-order valence-electron chi connectivity index (χ4n) is 1.17. The predicted molar refractivity (Wildman–Crippen MR) is 63.9 cm³/mol. The maximum Gasteiger partial charge on any atom is 0.177 e. The van der Waals surface area contributed by atoms with Gasteiger partial charge in [-0.1, -0.05) is 0 Å². The van der Waals surface area contributed by atoms with Crippen LogP contribution in [-0.2, 0) is 7.05 Å². The lowest BCUT2D eigenvalue weighted by atomic mass is 10.3. The normalized spacial score (nSPS) is 9.35. The van der Waals surface area contributed by atoms with E-state index in [2.05, 4.69) is 15.1 Å². The van der Waals surface area contributed by atoms with Crippen LogP contribution < -0.4 is 0 Å². The molecule has 0 atom stereocenters. The average Bonchev–Trinajstić information content (AvgIpc) is 2.87. The first kappa shape index (κ1) is 12.8. The highest BCUT2D eigenvalue weighted by Gasteiger charge is 2.01. The van der Waals surface area contributed by atoms with Crippen molar-refractivity contribution >= 4 is 11.6 Å². The fraction of sp³-hybridized carbons (Fsp3) is 0.273. The second-order valence-corrected chi connectivity index (χ2v) is 3.42. The van der Waals surface area contributed by atoms with Crippen molar-refractivity contribution in [3.8, 4) is 0 Å². The van der Waals surface area contributed by atoms with Crippen molar-refractivity contribution < 1.29 is 11.0 Å². The fourth-order valence-corrected chi connectivity index (χ4v) is 1.17. The minimum atomic E-state index is 0. The molecule has 2 aromatic rings. The first-order valence-corrected chi connectivity index (χ1v) is 5.00. The van der Waals surface area contributed by atoms with Crippen molar-refractivity contribution in [2.45, 2.75) is 13.8 Å². The molecule has 0 aromatic carbocycles. The van der Waals surface area contributed by atoms with Crippen molar-refractivity contribution in [3.63, 3.8) is 0 Å². The summed E-state index contributed by atoms with van der Waals surface area (Å²) in [5, 5.41) is 3.83. The number of nitrogens with one attached hydrogen (secondary N) is 1. The number of aromatic amines is 1. The monoisotopic (exact) mass is 236 g/mol. The van der Waals surface area contributed by atoms with E-state index in [1.165, 1.54) is 26.4 Å². The highest BCUT2D eigenvalue weighted by Crippen LogP contribution is 1.95. The number of aryl methyl sites for hydroxylation is 1. The van der Waals surface area contributed by atoms with Gasteiger partial charge in [-0.05, 0) is 6.07 Å². The Bertz CT molecular complexity index is 505. The zero-order valence-electron chi connectivity index (χ0n) is 9.97. The molecule has 6 heteroatoms. The Hall–Kier alpha value is -2.24. The molecule has 0 spiro atoms. The summed E-state index contributed by atoms with van der Waals surface area (Å²) in [5.41, 5.74) is 1.21. The van der Waals surface area contributed by atoms with Crippen LogP contribution >= 0.6 is 0 Å². The van der Waals surface area contributed by atoms with E-state index in [-0.39, 0.29) is 13.0 Å². The number of Topliss-reactive ketones (excluding diaryl/α,β-unsaturated/α-hetero) is 2. The number of aromatic nitrogens is 4. The average molecular weight is 236 g/mol. The van der Waals surface area contributed by atoms with Gasteiger partial charge in [-0.15, -0.1) is 0 Å². The summed E-state index contributed by atoms with van der Waals surface area (Å²) in [5.74, 6) is 0.0671. The Balaban J connectivity index is 0.000000306. The van der Waals surface area contributed by atoms with Crippen LogP contribution in [0.1, 0.15) is 36.3 Å². The first-order valence-electron chi connectivity index (χ1n) is 5.00. The molecule has 0 saturated carbocycles. The third kappa shape index (κ3) is 3.67. The van der Waals surface area contributed by atoms with E-state index in [4.69, 9.17) is 0 Å². The zero-order chi connectivity index (χ0) is 12.8. The number of hydrogen-bond acceptors (Lipinski definition) is 4. The Morgan fingerprint density at radius 1 is 1.35 bits per heavy atom. The Morgan fingerprint density at radius 2 is 2.06 bits per heavy atom. The molecular formula is C11H16N4O2. The van der Waals surface area contributed by atoms with Crippen molar-refractivity contribution in [1.29, 1.82) is 0 Å². The van der Waals surface area contributed by atoms with Gasteiger partial charge in [0, 0.05) is 28.5 Å². The van der Waals surface area contributed by atoms with Crippen LogP contribution in [0.4, 0.5) is 0 Å². The van der Waals surface area contributed by atoms with Crippen LogP contribution in [0.15, 0.2) is 24.8 Å². The van der Waals surface area contributed by atoms with E-state index in [1.54, 1.807) is 24.0 Å². The minimum Gasteiger partial charge on any atom is -0.342 e. The number of H-pyrrole nitrogens is 1. The van der Waals surface area contributed by atoms with Crippen LogP contribution in [0.5, 0.6) is 0 Å². The number of carbonyl (C=O) groups excluding carboxylic acids is 2. The Labute approximate surface area is 100 Å². The SMILES string of the molecule is CC(=O)c1ccnn1C.CC(=O)c1cnc[nH]1.[HH]. The van der Waals surface area contributed by atoms with E-state index in [1.807, 2.05) is 0 Å². The molecule has 0 aliphatic heterocycles. The van der Waals surface area contributed by atoms with Crippen LogP contribution in [0, 0.1) is 0 Å². The summed E-state index contributed by atoms with van der Waals surface area (Å²) in [7, 11) is 1.75. The van der Waals surface area contributed by atoms with Gasteiger partial charge in [0.1, 0.15) is 11.4 Å². The van der Waals surface area contributed by atoms with Gasteiger partial charge in [0.15, 0.2) is 11.6 Å². The topological polar surface area (TPSA) is 80.6 Å². The molecule has 0 aliphatic carbocycles. The number of nitrogens with zero attached hydrogens (tertiary/aromatic N) is 3. The molecule has 92 valence electrons. The number of ketones is 2. The molecule has 2 aromatic heterocycles. The summed E-state index contributed by atoms with van der Waals surface area (Å²) in [4.78, 5) is 27.4. The lowest BCUT2D eigenvalue weighted by Crippen LogP contribution is -2.01. The van der Waals surface area contributed by atoms with Crippen LogP contribution in [0.25, 0.3) is 0 Å². The molecule has 0 unspecified atom stereocenters. The van der Waals surface area contributed by atoms with Crippen LogP contribution in [0.3, 0.4) is 0 Å². The van der Waals surface area contributed by atoms with Gasteiger partial charge in [-0.2, -0.15) is 5.10 Å². The maximum absolute atomic E-state index is 10.7. The summed E-state index contributed by atoms with van der Waals surface area (Å²) in [6.45, 7) is 3.02. The highest BCUT2D eigenvalue weighted by atomic mass is 16.1. The standard InChI is InChI=1S/C6H8N2O.C5H6N2O.H2/c1-5(9)6-3-4-7-8(6)2;1-4(8)5-2-6-3-7-5;/h3-4H,1-2H3;2-3H,1H3,(H,6,7);1H. The molecule has 0 saturated heterocycles. The number of rotatable bonds is 2. The van der Waals surface area contributed by atoms with Crippen molar-refractivity contribution in [1.82, 2.24) is 19.7 Å². The Kier molecular flexibility index (Phi) is 4.33. The second kappa shape index (κ2) is 5.74. The van der Waals surface area contributed by atoms with Gasteiger partial charge in [-0.3, -0.25) is 14.3 Å². The number of hydrogen-bond donors (Lipinski definition) is 1. The highest BCUT2D eigenvalue weighted by molar-refractivity contribution is 5.92. The lowest BCUT2D eigenvalue weighted by molar-refractivity contribution is 0.0998. The van der Waals surface area contributed by atoms with Gasteiger partial charge in [0.25, 0.3) is 0 Å². The van der Waals surface area contributed by atoms with E-state index < -0.39 is 0 Å². The van der Waals surface area contributed by atoms with Crippen LogP contribution in [-0.4, -0.2) is 31.3 Å². The third-order valence-electron chi connectivity index (χ3n) is 2.06. The van der Waals surface area contributed by atoms with Gasteiger partial charge in [0.2, 0.25) is 0 Å². The van der Waals surface area contributed by atoms with Crippen molar-refractivity contribution in [3.05, 3.63) is 36.2 Å². The van der Waals surface area contributed by atoms with Gasteiger partial charge < -0.3 is 4.98 Å². The Morgan fingerprint density at radius 3 is 2.29 bits per heavy atom. The lowest BCUT2D eigenvalue weighted by Gasteiger charge is -1.92. The zero-order valence-corrected chi connectivity index (χ0v) is 9.97. The van der Waals surface area contributed by atoms with E-state index in [0.29, 0.717) is 11.4 Å². The number of carbonyl (C=O) groups is 2. The van der Waals surface area contributed by atoms with Crippen molar-refractivity contribution in [2.24, 2.45) is 7.05 Å². The molecule has 0 bridgehead atoms. The number of imidazole rings is 1. The predicted octanol–water partition coefficient (Wildman–Crippen LogP) is 1.48. The molecule has 1 N–H and O–H groups in total. The molecule has 0 fully saturated rings. The third-order valence-corrected chi connectivity index (χ3v) is 2.06. The summed E-state index contributed by atoms with van der Waals surface area (Å²) >= 11 is 0. The first-order chi connectivity index (χ1) is 8.02. The minimum absolute atomic E-state index is 0. The summed E-state index contributed by atoms with van der Waals surface area (Å²) < 4.78 is 1.56. The molecule has 2 rings (SSSR count). The summed E-state index contributed by atoms with van der Waals surface area (Å²) in [6, 6.07) is 1.70. The van der Waals surface area contributed by atoms with E-state index in [9.17, 15) is 9.59 Å². The van der Waals surface area contributed by atoms with Gasteiger partial charge in [-0.25, -0.2) is 4.98 Å². The summed E-state index contributed by atoms with van der Waals surface area (Å²) in [6.07, 6.45) is 4.59. The molecule has 6 nitrogen and oxygen atoms in total. The van der Waals surface area contributed by atoms with E-state index >= 15 is 0 Å². The molecule has 17 heavy (non-hydrogen) atoms. The van der Waals surface area contributed by atoms with Crippen LogP contribution in [0.2, 0.25) is 0 Å². The quantitative estimate of drug-likeness (QED) is 0.801. The molecule has 0 aliphatic rings. The molecule has 2 heterocycles. The maximum atomic E-state index is 10.7. The molecular weight excluding hydrogens is 220 g/mol. The van der Waals surface area contributed by atoms with Gasteiger partial charge in [0.05, 0.1) is 12.5 Å². The molecule has 0 radical (unpaired) electrons. The van der Waals surface area contributed by atoms with Gasteiger partial charge >= 0.3 is 0 Å². The van der Waals surface area contributed by atoms with E-state index in [0.717, 1.165) is 0 Å². The molecule has 0 amide bonds. The second-order valence-electron chi connectivity index (χ2n) is 3.42.